The third-order valence-electron chi connectivity index (χ3n) is 4.52. The van der Waals surface area contributed by atoms with Gasteiger partial charge >= 0.3 is 0 Å². The molecule has 0 radical (unpaired) electrons. The van der Waals surface area contributed by atoms with Gasteiger partial charge in [0.25, 0.3) is 0 Å². The topological polar surface area (TPSA) is 53.6 Å². The fourth-order valence-electron chi connectivity index (χ4n) is 3.16. The molecule has 1 heterocycles. The van der Waals surface area contributed by atoms with Crippen molar-refractivity contribution in [2.75, 3.05) is 18.4 Å². The summed E-state index contributed by atoms with van der Waals surface area (Å²) in [6.45, 7) is 4.95. The van der Waals surface area contributed by atoms with Crippen LogP contribution >= 0.6 is 0 Å². The molecule has 24 heavy (non-hydrogen) atoms. The molecular formula is C20H26N4. The molecule has 1 aliphatic rings. The van der Waals surface area contributed by atoms with Crippen molar-refractivity contribution in [3.63, 3.8) is 0 Å². The van der Waals surface area contributed by atoms with Gasteiger partial charge in [0, 0.05) is 18.3 Å². The molecule has 0 spiro atoms. The predicted octanol–water partition coefficient (Wildman–Crippen LogP) is 3.39. The summed E-state index contributed by atoms with van der Waals surface area (Å²) >= 11 is 0. The lowest BCUT2D eigenvalue weighted by Crippen LogP contribution is -2.33. The van der Waals surface area contributed by atoms with Crippen molar-refractivity contribution < 1.29 is 0 Å². The normalized spacial score (nSPS) is 18.7. The van der Waals surface area contributed by atoms with Gasteiger partial charge < -0.3 is 11.1 Å². The van der Waals surface area contributed by atoms with Crippen LogP contribution in [0.25, 0.3) is 0 Å². The molecule has 2 aromatic rings. The van der Waals surface area contributed by atoms with Gasteiger partial charge in [-0.25, -0.2) is 0 Å². The van der Waals surface area contributed by atoms with E-state index in [1.54, 1.807) is 0 Å². The van der Waals surface area contributed by atoms with Crippen LogP contribution in [0.1, 0.15) is 24.0 Å². The number of nitrogens with one attached hydrogen (secondary N) is 1. The Morgan fingerprint density at radius 2 is 1.92 bits per heavy atom. The number of aryl methyl sites for hydroxylation is 1. The molecule has 3 rings (SSSR count). The number of rotatable bonds is 5. The van der Waals surface area contributed by atoms with E-state index in [1.165, 1.54) is 24.0 Å². The lowest BCUT2D eigenvalue weighted by Gasteiger charge is -2.23. The Morgan fingerprint density at radius 3 is 2.67 bits per heavy atom. The summed E-state index contributed by atoms with van der Waals surface area (Å²) in [6, 6.07) is 19.3. The number of anilines is 1. The summed E-state index contributed by atoms with van der Waals surface area (Å²) in [5.74, 6) is 0.491. The number of aliphatic imine (C=N–C) groups is 1. The molecule has 1 saturated heterocycles. The molecule has 4 heteroatoms. The highest BCUT2D eigenvalue weighted by molar-refractivity contribution is 5.92. The van der Waals surface area contributed by atoms with Crippen LogP contribution in [0.5, 0.6) is 0 Å². The highest BCUT2D eigenvalue weighted by Crippen LogP contribution is 2.20. The SMILES string of the molecule is Cc1ccc(NC(N)=NCC2CCCN2Cc2ccccc2)cc1. The van der Waals surface area contributed by atoms with Crippen molar-refractivity contribution in [3.05, 3.63) is 65.7 Å². The Kier molecular flexibility index (Phi) is 5.49. The molecule has 1 fully saturated rings. The lowest BCUT2D eigenvalue weighted by atomic mass is 10.2. The average molecular weight is 322 g/mol. The maximum absolute atomic E-state index is 6.04. The van der Waals surface area contributed by atoms with Gasteiger partial charge in [-0.2, -0.15) is 0 Å². The van der Waals surface area contributed by atoms with Crippen molar-refractivity contribution in [2.45, 2.75) is 32.4 Å². The van der Waals surface area contributed by atoms with Crippen molar-refractivity contribution in [2.24, 2.45) is 10.7 Å². The molecule has 4 nitrogen and oxygen atoms in total. The van der Waals surface area contributed by atoms with Crippen LogP contribution in [-0.2, 0) is 6.54 Å². The Hall–Kier alpha value is -2.33. The average Bonchev–Trinajstić information content (AvgIpc) is 3.03. The van der Waals surface area contributed by atoms with Crippen LogP contribution in [0, 0.1) is 6.92 Å². The first-order valence-electron chi connectivity index (χ1n) is 8.62. The first kappa shape index (κ1) is 16.5. The van der Waals surface area contributed by atoms with E-state index in [1.807, 2.05) is 12.1 Å². The minimum Gasteiger partial charge on any atom is -0.370 e. The second kappa shape index (κ2) is 7.97. The minimum absolute atomic E-state index is 0.476. The maximum Gasteiger partial charge on any atom is 0.193 e. The fraction of sp³-hybridized carbons (Fsp3) is 0.350. The second-order valence-electron chi connectivity index (χ2n) is 6.47. The molecule has 1 unspecified atom stereocenters. The Balaban J connectivity index is 1.55. The molecule has 1 atom stereocenters. The van der Waals surface area contributed by atoms with Gasteiger partial charge in [-0.05, 0) is 44.0 Å². The largest absolute Gasteiger partial charge is 0.370 e. The monoisotopic (exact) mass is 322 g/mol. The maximum atomic E-state index is 6.04. The first-order valence-corrected chi connectivity index (χ1v) is 8.62. The van der Waals surface area contributed by atoms with Gasteiger partial charge in [-0.1, -0.05) is 48.0 Å². The number of likely N-dealkylation sites (tertiary alicyclic amines) is 1. The van der Waals surface area contributed by atoms with Gasteiger partial charge in [-0.3, -0.25) is 9.89 Å². The lowest BCUT2D eigenvalue weighted by molar-refractivity contribution is 0.250. The summed E-state index contributed by atoms with van der Waals surface area (Å²) in [6.07, 6.45) is 2.42. The Labute approximate surface area is 144 Å². The highest BCUT2D eigenvalue weighted by Gasteiger charge is 2.24. The number of benzene rings is 2. The molecule has 0 amide bonds. The van der Waals surface area contributed by atoms with Crippen molar-refractivity contribution >= 4 is 11.6 Å². The molecule has 0 saturated carbocycles. The Morgan fingerprint density at radius 1 is 1.17 bits per heavy atom. The third kappa shape index (κ3) is 4.59. The molecule has 2 aromatic carbocycles. The van der Waals surface area contributed by atoms with E-state index in [0.717, 1.165) is 25.3 Å². The van der Waals surface area contributed by atoms with E-state index in [9.17, 15) is 0 Å². The van der Waals surface area contributed by atoms with Gasteiger partial charge in [0.05, 0.1) is 6.54 Å². The van der Waals surface area contributed by atoms with Gasteiger partial charge in [0.2, 0.25) is 0 Å². The van der Waals surface area contributed by atoms with E-state index in [2.05, 4.69) is 64.6 Å². The minimum atomic E-state index is 0.476. The zero-order valence-corrected chi connectivity index (χ0v) is 14.3. The summed E-state index contributed by atoms with van der Waals surface area (Å²) in [5, 5.41) is 3.17. The summed E-state index contributed by atoms with van der Waals surface area (Å²) < 4.78 is 0. The zero-order valence-electron chi connectivity index (χ0n) is 14.3. The standard InChI is InChI=1S/C20H26N4/c1-16-9-11-18(12-10-16)23-20(21)22-14-19-8-5-13-24(19)15-17-6-3-2-4-7-17/h2-4,6-7,9-12,19H,5,8,13-15H2,1H3,(H3,21,22,23). The van der Waals surface area contributed by atoms with Gasteiger partial charge in [-0.15, -0.1) is 0 Å². The summed E-state index contributed by atoms with van der Waals surface area (Å²) in [7, 11) is 0. The number of guanidine groups is 1. The van der Waals surface area contributed by atoms with E-state index in [4.69, 9.17) is 5.73 Å². The van der Waals surface area contributed by atoms with E-state index in [-0.39, 0.29) is 0 Å². The smallest absolute Gasteiger partial charge is 0.193 e. The number of hydrogen-bond donors (Lipinski definition) is 2. The molecule has 0 bridgehead atoms. The van der Waals surface area contributed by atoms with Crippen LogP contribution in [-0.4, -0.2) is 30.0 Å². The molecule has 126 valence electrons. The van der Waals surface area contributed by atoms with Crippen molar-refractivity contribution in [1.29, 1.82) is 0 Å². The van der Waals surface area contributed by atoms with Crippen molar-refractivity contribution in [1.82, 2.24) is 4.90 Å². The number of nitrogens with zero attached hydrogens (tertiary/aromatic N) is 2. The quantitative estimate of drug-likeness (QED) is 0.655. The van der Waals surface area contributed by atoms with Crippen LogP contribution in [0.3, 0.4) is 0 Å². The highest BCUT2D eigenvalue weighted by atomic mass is 15.2. The molecule has 0 aliphatic carbocycles. The Bertz CT molecular complexity index is 664. The third-order valence-corrected chi connectivity index (χ3v) is 4.52. The van der Waals surface area contributed by atoms with E-state index >= 15 is 0 Å². The zero-order chi connectivity index (χ0) is 16.8. The van der Waals surface area contributed by atoms with Gasteiger partial charge in [0.15, 0.2) is 5.96 Å². The van der Waals surface area contributed by atoms with Crippen LogP contribution in [0.4, 0.5) is 5.69 Å². The second-order valence-corrected chi connectivity index (χ2v) is 6.47. The van der Waals surface area contributed by atoms with Crippen molar-refractivity contribution in [3.8, 4) is 0 Å². The van der Waals surface area contributed by atoms with Gasteiger partial charge in [0.1, 0.15) is 0 Å². The van der Waals surface area contributed by atoms with E-state index in [0.29, 0.717) is 12.0 Å². The fourth-order valence-corrected chi connectivity index (χ4v) is 3.16. The van der Waals surface area contributed by atoms with Crippen LogP contribution in [0.2, 0.25) is 0 Å². The number of hydrogen-bond acceptors (Lipinski definition) is 2. The molecular weight excluding hydrogens is 296 g/mol. The summed E-state index contributed by atoms with van der Waals surface area (Å²) in [5.41, 5.74) is 9.62. The first-order chi connectivity index (χ1) is 11.7. The van der Waals surface area contributed by atoms with Crippen LogP contribution in [0.15, 0.2) is 59.6 Å². The molecule has 3 N–H and O–H groups in total. The number of nitrogens with two attached hydrogens (primary N) is 1. The molecule has 0 aromatic heterocycles. The summed E-state index contributed by atoms with van der Waals surface area (Å²) in [4.78, 5) is 7.07. The van der Waals surface area contributed by atoms with Crippen LogP contribution < -0.4 is 11.1 Å². The molecule has 1 aliphatic heterocycles. The van der Waals surface area contributed by atoms with E-state index < -0.39 is 0 Å². The predicted molar refractivity (Wildman–Crippen MR) is 101 cm³/mol.